The van der Waals surface area contributed by atoms with Gasteiger partial charge in [-0.1, -0.05) is 73.7 Å². The molecule has 3 aromatic carbocycles. The maximum absolute atomic E-state index is 14.1. The van der Waals surface area contributed by atoms with Gasteiger partial charge in [-0.05, 0) is 61.1 Å². The van der Waals surface area contributed by atoms with Crippen molar-refractivity contribution in [2.75, 3.05) is 11.4 Å². The van der Waals surface area contributed by atoms with E-state index >= 15 is 0 Å². The van der Waals surface area contributed by atoms with Crippen molar-refractivity contribution in [1.29, 1.82) is 0 Å². The van der Waals surface area contributed by atoms with Crippen LogP contribution in [0.5, 0.6) is 0 Å². The van der Waals surface area contributed by atoms with Crippen LogP contribution in [-0.2, 0) is 16.1 Å². The lowest BCUT2D eigenvalue weighted by Crippen LogP contribution is -2.46. The second kappa shape index (κ2) is 11.2. The number of para-hydroxylation sites is 1. The van der Waals surface area contributed by atoms with Crippen LogP contribution in [0.2, 0.25) is 0 Å². The fourth-order valence-electron chi connectivity index (χ4n) is 4.29. The number of carbonyl (C=O) groups is 2. The minimum Gasteiger partial charge on any atom is -0.354 e. The van der Waals surface area contributed by atoms with Crippen LogP contribution in [0.4, 0.5) is 5.69 Å². The summed E-state index contributed by atoms with van der Waals surface area (Å²) in [7, 11) is 0. The average Bonchev–Trinajstić information content (AvgIpc) is 3.27. The normalized spacial score (nSPS) is 12.0. The SMILES string of the molecule is Cc1cccc(N(C(=O)Cn2nnc3ccccc32)[C@@H](C(=O)NCCC(C)C)c2ccccc2)c1C. The first-order valence-electron chi connectivity index (χ1n) is 12.4. The first-order chi connectivity index (χ1) is 17.4. The lowest BCUT2D eigenvalue weighted by Gasteiger charge is -2.33. The highest BCUT2D eigenvalue weighted by Crippen LogP contribution is 2.32. The van der Waals surface area contributed by atoms with Crippen LogP contribution < -0.4 is 10.2 Å². The molecule has 1 atom stereocenters. The molecule has 0 unspecified atom stereocenters. The number of hydrogen-bond donors (Lipinski definition) is 1. The standard InChI is InChI=1S/C29H33N5O2/c1-20(2)17-18-30-29(36)28(23-12-6-5-7-13-23)34(25-16-10-11-21(3)22(25)4)27(35)19-33-26-15-9-8-14-24(26)31-32-33/h5-16,20,28H,17-19H2,1-4H3,(H,30,36)/t28-/m1/s1. The number of aromatic nitrogens is 3. The summed E-state index contributed by atoms with van der Waals surface area (Å²) >= 11 is 0. The first kappa shape index (κ1) is 25.1. The summed E-state index contributed by atoms with van der Waals surface area (Å²) in [6.07, 6.45) is 0.857. The van der Waals surface area contributed by atoms with Crippen LogP contribution in [0.25, 0.3) is 11.0 Å². The molecule has 4 aromatic rings. The lowest BCUT2D eigenvalue weighted by molar-refractivity contribution is -0.127. The van der Waals surface area contributed by atoms with Crippen LogP contribution in [0.15, 0.2) is 72.8 Å². The van der Waals surface area contributed by atoms with Gasteiger partial charge < -0.3 is 5.32 Å². The summed E-state index contributed by atoms with van der Waals surface area (Å²) in [6.45, 7) is 8.73. The second-order valence-corrected chi connectivity index (χ2v) is 9.51. The van der Waals surface area contributed by atoms with Crippen LogP contribution in [0.3, 0.4) is 0 Å². The van der Waals surface area contributed by atoms with Gasteiger partial charge in [0.25, 0.3) is 0 Å². The predicted molar refractivity (Wildman–Crippen MR) is 143 cm³/mol. The van der Waals surface area contributed by atoms with Crippen molar-refractivity contribution in [3.8, 4) is 0 Å². The van der Waals surface area contributed by atoms with Gasteiger partial charge in [0.1, 0.15) is 18.1 Å². The summed E-state index contributed by atoms with van der Waals surface area (Å²) in [6, 6.07) is 22.0. The van der Waals surface area contributed by atoms with E-state index in [1.54, 1.807) is 9.58 Å². The Morgan fingerprint density at radius 3 is 2.42 bits per heavy atom. The Kier molecular flexibility index (Phi) is 7.78. The number of benzene rings is 3. The first-order valence-corrected chi connectivity index (χ1v) is 12.4. The molecule has 2 amide bonds. The van der Waals surface area contributed by atoms with Gasteiger partial charge in [0.2, 0.25) is 11.8 Å². The molecule has 0 bridgehead atoms. The van der Waals surface area contributed by atoms with Gasteiger partial charge in [0.05, 0.1) is 5.52 Å². The van der Waals surface area contributed by atoms with Crippen molar-refractivity contribution < 1.29 is 9.59 Å². The van der Waals surface area contributed by atoms with Crippen molar-refractivity contribution in [3.05, 3.63) is 89.5 Å². The molecule has 1 heterocycles. The van der Waals surface area contributed by atoms with Crippen molar-refractivity contribution in [2.24, 2.45) is 5.92 Å². The van der Waals surface area contributed by atoms with E-state index in [2.05, 4.69) is 29.5 Å². The number of nitrogens with one attached hydrogen (secondary N) is 1. The van der Waals surface area contributed by atoms with Crippen molar-refractivity contribution in [2.45, 2.75) is 46.7 Å². The number of hydrogen-bond acceptors (Lipinski definition) is 4. The Labute approximate surface area is 212 Å². The largest absolute Gasteiger partial charge is 0.354 e. The Morgan fingerprint density at radius 1 is 0.944 bits per heavy atom. The lowest BCUT2D eigenvalue weighted by atomic mass is 10.00. The molecular weight excluding hydrogens is 450 g/mol. The van der Waals surface area contributed by atoms with Crippen LogP contribution in [0.1, 0.15) is 43.0 Å². The molecular formula is C29H33N5O2. The Morgan fingerprint density at radius 2 is 1.67 bits per heavy atom. The Bertz CT molecular complexity index is 1350. The fraction of sp³-hybridized carbons (Fsp3) is 0.310. The third-order valence-electron chi connectivity index (χ3n) is 6.45. The molecule has 0 saturated heterocycles. The third kappa shape index (κ3) is 5.46. The highest BCUT2D eigenvalue weighted by Gasteiger charge is 2.34. The molecule has 1 aromatic heterocycles. The maximum Gasteiger partial charge on any atom is 0.249 e. The Balaban J connectivity index is 1.79. The van der Waals surface area contributed by atoms with Gasteiger partial charge in [-0.2, -0.15) is 0 Å². The Hall–Kier alpha value is -4.00. The van der Waals surface area contributed by atoms with Crippen LogP contribution in [-0.4, -0.2) is 33.4 Å². The topological polar surface area (TPSA) is 80.1 Å². The number of fused-ring (bicyclic) bond motifs is 1. The maximum atomic E-state index is 14.1. The molecule has 4 rings (SSSR count). The number of aryl methyl sites for hydroxylation is 1. The number of amides is 2. The summed E-state index contributed by atoms with van der Waals surface area (Å²) in [5, 5.41) is 11.5. The van der Waals surface area contributed by atoms with E-state index in [1.165, 1.54) is 0 Å². The minimum absolute atomic E-state index is 0.0451. The number of rotatable bonds is 9. The van der Waals surface area contributed by atoms with Gasteiger partial charge >= 0.3 is 0 Å². The minimum atomic E-state index is -0.832. The fourth-order valence-corrected chi connectivity index (χ4v) is 4.29. The molecule has 0 spiro atoms. The molecule has 0 aliphatic rings. The van der Waals surface area contributed by atoms with E-state index in [4.69, 9.17) is 0 Å². The van der Waals surface area contributed by atoms with Gasteiger partial charge in [0.15, 0.2) is 0 Å². The molecule has 0 fully saturated rings. The summed E-state index contributed by atoms with van der Waals surface area (Å²) in [5.41, 5.74) is 4.93. The number of carbonyl (C=O) groups excluding carboxylic acids is 2. The number of anilines is 1. The highest BCUT2D eigenvalue weighted by atomic mass is 16.2. The molecule has 36 heavy (non-hydrogen) atoms. The zero-order chi connectivity index (χ0) is 25.7. The number of nitrogens with zero attached hydrogens (tertiary/aromatic N) is 4. The van der Waals surface area contributed by atoms with Crippen molar-refractivity contribution in [1.82, 2.24) is 20.3 Å². The van der Waals surface area contributed by atoms with Crippen molar-refractivity contribution >= 4 is 28.5 Å². The smallest absolute Gasteiger partial charge is 0.249 e. The second-order valence-electron chi connectivity index (χ2n) is 9.51. The quantitative estimate of drug-likeness (QED) is 0.364. The van der Waals surface area contributed by atoms with Crippen LogP contribution >= 0.6 is 0 Å². The van der Waals surface area contributed by atoms with Crippen LogP contribution in [0, 0.1) is 19.8 Å². The van der Waals surface area contributed by atoms with E-state index in [0.717, 1.165) is 34.1 Å². The monoisotopic (exact) mass is 483 g/mol. The molecule has 0 aliphatic heterocycles. The van der Waals surface area contributed by atoms with Gasteiger partial charge in [-0.25, -0.2) is 4.68 Å². The summed E-state index contributed by atoms with van der Waals surface area (Å²) < 4.78 is 1.59. The molecule has 0 saturated carbocycles. The summed E-state index contributed by atoms with van der Waals surface area (Å²) in [4.78, 5) is 29.4. The zero-order valence-corrected chi connectivity index (χ0v) is 21.3. The highest BCUT2D eigenvalue weighted by molar-refractivity contribution is 6.02. The average molecular weight is 484 g/mol. The van der Waals surface area contributed by atoms with Crippen molar-refractivity contribution in [3.63, 3.8) is 0 Å². The van der Waals surface area contributed by atoms with E-state index in [1.807, 2.05) is 86.6 Å². The van der Waals surface area contributed by atoms with E-state index < -0.39 is 6.04 Å². The van der Waals surface area contributed by atoms with Gasteiger partial charge in [-0.3, -0.25) is 14.5 Å². The molecule has 1 N–H and O–H groups in total. The molecule has 0 aliphatic carbocycles. The summed E-state index contributed by atoms with van der Waals surface area (Å²) in [5.74, 6) is 0.00425. The molecule has 7 nitrogen and oxygen atoms in total. The molecule has 0 radical (unpaired) electrons. The molecule has 7 heteroatoms. The predicted octanol–water partition coefficient (Wildman–Crippen LogP) is 4.98. The van der Waals surface area contributed by atoms with E-state index in [9.17, 15) is 9.59 Å². The van der Waals surface area contributed by atoms with E-state index in [-0.39, 0.29) is 18.4 Å². The zero-order valence-electron chi connectivity index (χ0n) is 21.3. The van der Waals surface area contributed by atoms with Gasteiger partial charge in [-0.15, -0.1) is 5.10 Å². The molecule has 186 valence electrons. The van der Waals surface area contributed by atoms with Gasteiger partial charge in [0, 0.05) is 12.2 Å². The third-order valence-corrected chi connectivity index (χ3v) is 6.45. The van der Waals surface area contributed by atoms with E-state index in [0.29, 0.717) is 18.2 Å².